The van der Waals surface area contributed by atoms with E-state index < -0.39 is 0 Å². The van der Waals surface area contributed by atoms with Crippen LogP contribution in [-0.2, 0) is 9.53 Å². The standard InChI is InChI=1S/C23H27ClN4O4/c1-14-6-7-16(11-19(14)26-15(2)29)22(30)28-23(25-13-18-5-4-10-32-18)27-20-12-17(24)8-9-21(20)31-3/h6-9,11-12,18H,4-5,10,13H2,1-3H3,(H,26,29)(H2,25,27,28,30). The van der Waals surface area contributed by atoms with Gasteiger partial charge in [0.2, 0.25) is 11.9 Å². The molecule has 2 aromatic rings. The van der Waals surface area contributed by atoms with Crippen LogP contribution in [0.25, 0.3) is 0 Å². The summed E-state index contributed by atoms with van der Waals surface area (Å²) in [6.07, 6.45) is 1.92. The van der Waals surface area contributed by atoms with Crippen molar-refractivity contribution in [3.05, 3.63) is 52.5 Å². The number of carbonyl (C=O) groups excluding carboxylic acids is 2. The first kappa shape index (κ1) is 23.6. The first-order chi connectivity index (χ1) is 15.4. The molecule has 32 heavy (non-hydrogen) atoms. The van der Waals surface area contributed by atoms with Gasteiger partial charge in [-0.25, -0.2) is 4.99 Å². The summed E-state index contributed by atoms with van der Waals surface area (Å²) in [5.41, 5.74) is 2.37. The van der Waals surface area contributed by atoms with Crippen LogP contribution in [0.2, 0.25) is 5.02 Å². The number of hydrogen-bond donors (Lipinski definition) is 3. The molecule has 0 aliphatic carbocycles. The third-order valence-electron chi connectivity index (χ3n) is 4.93. The Bertz CT molecular complexity index is 1020. The predicted octanol–water partition coefficient (Wildman–Crippen LogP) is 3.99. The molecule has 1 aliphatic heterocycles. The molecule has 0 aromatic heterocycles. The summed E-state index contributed by atoms with van der Waals surface area (Å²) in [4.78, 5) is 29.0. The van der Waals surface area contributed by atoms with E-state index in [4.69, 9.17) is 21.1 Å². The lowest BCUT2D eigenvalue weighted by molar-refractivity contribution is -0.114. The van der Waals surface area contributed by atoms with Gasteiger partial charge in [0.15, 0.2) is 0 Å². The second-order valence-corrected chi connectivity index (χ2v) is 7.90. The molecule has 1 fully saturated rings. The van der Waals surface area contributed by atoms with Crippen LogP contribution in [0.4, 0.5) is 11.4 Å². The molecule has 0 radical (unpaired) electrons. The van der Waals surface area contributed by atoms with Crippen molar-refractivity contribution in [3.8, 4) is 5.75 Å². The molecule has 1 unspecified atom stereocenters. The Morgan fingerprint density at radius 1 is 1.19 bits per heavy atom. The molecule has 1 aliphatic rings. The lowest BCUT2D eigenvalue weighted by Gasteiger charge is -2.16. The van der Waals surface area contributed by atoms with Crippen LogP contribution in [0, 0.1) is 6.92 Å². The number of amides is 2. The van der Waals surface area contributed by atoms with Crippen LogP contribution in [-0.4, -0.2) is 44.1 Å². The van der Waals surface area contributed by atoms with Gasteiger partial charge >= 0.3 is 0 Å². The molecule has 0 bridgehead atoms. The number of rotatable bonds is 6. The molecule has 3 N–H and O–H groups in total. The van der Waals surface area contributed by atoms with Crippen molar-refractivity contribution in [1.82, 2.24) is 5.32 Å². The predicted molar refractivity (Wildman–Crippen MR) is 126 cm³/mol. The first-order valence-corrected chi connectivity index (χ1v) is 10.7. The van der Waals surface area contributed by atoms with Crippen LogP contribution in [0.15, 0.2) is 41.4 Å². The molecule has 8 nitrogen and oxygen atoms in total. The fraction of sp³-hybridized carbons (Fsp3) is 0.348. The van der Waals surface area contributed by atoms with Crippen molar-refractivity contribution < 1.29 is 19.1 Å². The fourth-order valence-corrected chi connectivity index (χ4v) is 3.44. The second-order valence-electron chi connectivity index (χ2n) is 7.46. The lowest BCUT2D eigenvalue weighted by Crippen LogP contribution is -2.37. The van der Waals surface area contributed by atoms with Crippen LogP contribution >= 0.6 is 11.6 Å². The maximum atomic E-state index is 13.0. The zero-order valence-electron chi connectivity index (χ0n) is 18.3. The van der Waals surface area contributed by atoms with Crippen molar-refractivity contribution in [1.29, 1.82) is 0 Å². The summed E-state index contributed by atoms with van der Waals surface area (Å²) >= 11 is 6.14. The minimum absolute atomic E-state index is 0.00991. The Morgan fingerprint density at radius 3 is 2.69 bits per heavy atom. The number of aliphatic imine (C=N–C) groups is 1. The van der Waals surface area contributed by atoms with Gasteiger partial charge in [-0.3, -0.25) is 14.9 Å². The molecule has 0 saturated carbocycles. The maximum absolute atomic E-state index is 13.0. The van der Waals surface area contributed by atoms with Crippen LogP contribution in [0.5, 0.6) is 5.75 Å². The third-order valence-corrected chi connectivity index (χ3v) is 5.17. The third kappa shape index (κ3) is 6.45. The number of anilines is 2. The van der Waals surface area contributed by atoms with E-state index in [2.05, 4.69) is 20.9 Å². The molecule has 1 heterocycles. The van der Waals surface area contributed by atoms with E-state index in [1.54, 1.807) is 43.5 Å². The highest BCUT2D eigenvalue weighted by Crippen LogP contribution is 2.27. The average Bonchev–Trinajstić information content (AvgIpc) is 3.27. The van der Waals surface area contributed by atoms with Crippen LogP contribution in [0.1, 0.15) is 35.7 Å². The maximum Gasteiger partial charge on any atom is 0.258 e. The zero-order valence-corrected chi connectivity index (χ0v) is 19.1. The molecular weight excluding hydrogens is 432 g/mol. The van der Waals surface area contributed by atoms with Crippen LogP contribution < -0.4 is 20.7 Å². The van der Waals surface area contributed by atoms with E-state index in [0.29, 0.717) is 40.9 Å². The summed E-state index contributed by atoms with van der Waals surface area (Å²) in [5.74, 6) is 0.208. The Hall–Kier alpha value is -3.10. The summed E-state index contributed by atoms with van der Waals surface area (Å²) in [7, 11) is 1.55. The molecule has 2 amide bonds. The van der Waals surface area contributed by atoms with Gasteiger partial charge in [0, 0.05) is 29.8 Å². The molecule has 1 atom stereocenters. The number of nitrogens with one attached hydrogen (secondary N) is 3. The van der Waals surface area contributed by atoms with Crippen molar-refractivity contribution in [2.45, 2.75) is 32.8 Å². The molecular formula is C23H27ClN4O4. The number of guanidine groups is 1. The lowest BCUT2D eigenvalue weighted by atomic mass is 10.1. The van der Waals surface area contributed by atoms with Gasteiger partial charge in [-0.05, 0) is 55.7 Å². The largest absolute Gasteiger partial charge is 0.495 e. The van der Waals surface area contributed by atoms with E-state index in [0.717, 1.165) is 18.4 Å². The topological polar surface area (TPSA) is 101 Å². The van der Waals surface area contributed by atoms with Crippen molar-refractivity contribution in [2.24, 2.45) is 4.99 Å². The summed E-state index contributed by atoms with van der Waals surface area (Å²) in [5, 5.41) is 9.16. The van der Waals surface area contributed by atoms with Gasteiger partial charge in [-0.2, -0.15) is 0 Å². The summed E-state index contributed by atoms with van der Waals surface area (Å²) in [6.45, 7) is 4.39. The quantitative estimate of drug-likeness (QED) is 0.448. The van der Waals surface area contributed by atoms with E-state index in [9.17, 15) is 9.59 Å². The van der Waals surface area contributed by atoms with E-state index in [1.165, 1.54) is 6.92 Å². The number of ether oxygens (including phenoxy) is 2. The average molecular weight is 459 g/mol. The van der Waals surface area contributed by atoms with Crippen molar-refractivity contribution >= 4 is 40.7 Å². The number of carbonyl (C=O) groups is 2. The van der Waals surface area contributed by atoms with Crippen molar-refractivity contribution in [3.63, 3.8) is 0 Å². The number of benzene rings is 2. The number of methoxy groups -OCH3 is 1. The number of nitrogens with zero attached hydrogens (tertiary/aromatic N) is 1. The first-order valence-electron chi connectivity index (χ1n) is 10.3. The Morgan fingerprint density at radius 2 is 2.00 bits per heavy atom. The van der Waals surface area contributed by atoms with E-state index in [1.807, 2.05) is 6.92 Å². The summed E-state index contributed by atoms with van der Waals surface area (Å²) in [6, 6.07) is 10.2. The highest BCUT2D eigenvalue weighted by Gasteiger charge is 2.17. The monoisotopic (exact) mass is 458 g/mol. The van der Waals surface area contributed by atoms with Crippen LogP contribution in [0.3, 0.4) is 0 Å². The normalized spacial score (nSPS) is 15.9. The Balaban J connectivity index is 1.83. The SMILES string of the molecule is COc1ccc(Cl)cc1NC(=NCC1CCCO1)NC(=O)c1ccc(C)c(NC(C)=O)c1. The number of aryl methyl sites for hydroxylation is 1. The second kappa shape index (κ2) is 11.0. The molecule has 3 rings (SSSR count). The van der Waals surface area contributed by atoms with Gasteiger partial charge in [0.25, 0.3) is 5.91 Å². The van der Waals surface area contributed by atoms with Crippen molar-refractivity contribution in [2.75, 3.05) is 30.9 Å². The minimum atomic E-state index is -0.379. The number of hydrogen-bond acceptors (Lipinski definition) is 5. The van der Waals surface area contributed by atoms with Gasteiger partial charge in [0.05, 0.1) is 25.4 Å². The van der Waals surface area contributed by atoms with Gasteiger partial charge in [-0.1, -0.05) is 17.7 Å². The highest BCUT2D eigenvalue weighted by atomic mass is 35.5. The number of halogens is 1. The molecule has 2 aromatic carbocycles. The minimum Gasteiger partial charge on any atom is -0.495 e. The van der Waals surface area contributed by atoms with E-state index in [-0.39, 0.29) is 23.9 Å². The fourth-order valence-electron chi connectivity index (χ4n) is 3.26. The van der Waals surface area contributed by atoms with E-state index >= 15 is 0 Å². The van der Waals surface area contributed by atoms with Gasteiger partial charge in [0.1, 0.15) is 5.75 Å². The van der Waals surface area contributed by atoms with Gasteiger partial charge < -0.3 is 20.1 Å². The highest BCUT2D eigenvalue weighted by molar-refractivity contribution is 6.31. The zero-order chi connectivity index (χ0) is 23.1. The summed E-state index contributed by atoms with van der Waals surface area (Å²) < 4.78 is 11.0. The Labute approximate surface area is 192 Å². The Kier molecular flexibility index (Phi) is 8.08. The molecule has 170 valence electrons. The smallest absolute Gasteiger partial charge is 0.258 e. The molecule has 1 saturated heterocycles. The molecule has 9 heteroatoms. The molecule has 0 spiro atoms. The van der Waals surface area contributed by atoms with Gasteiger partial charge in [-0.15, -0.1) is 0 Å².